The molecule has 40 valence electrons. The molecule has 0 atom stereocenters. The molecule has 7 heavy (non-hydrogen) atoms. The third kappa shape index (κ3) is 1.03. The Hall–Kier alpha value is -0.300. The van der Waals surface area contributed by atoms with Crippen molar-refractivity contribution in [3.05, 3.63) is 12.2 Å². The Labute approximate surface area is 43.7 Å². The third-order valence-electron chi connectivity index (χ3n) is 1.24. The highest BCUT2D eigenvalue weighted by Crippen LogP contribution is 2.35. The maximum atomic E-state index is 9.04. The van der Waals surface area contributed by atoms with Gasteiger partial charge in [-0.2, -0.15) is 0 Å². The minimum atomic E-state index is -0.380. The van der Waals surface area contributed by atoms with Crippen LogP contribution >= 0.6 is 0 Å². The summed E-state index contributed by atoms with van der Waals surface area (Å²) in [6.45, 7) is 1.93. The van der Waals surface area contributed by atoms with Gasteiger partial charge >= 0.3 is 0 Å². The highest BCUT2D eigenvalue weighted by Gasteiger charge is 2.36. The molecule has 0 aromatic carbocycles. The first-order valence-electron chi connectivity index (χ1n) is 2.63. The molecule has 0 aromatic rings. The van der Waals surface area contributed by atoms with Gasteiger partial charge in [0.15, 0.2) is 0 Å². The monoisotopic (exact) mass is 98.1 g/mol. The molecule has 1 aliphatic rings. The summed E-state index contributed by atoms with van der Waals surface area (Å²) in [6, 6.07) is 0. The summed E-state index contributed by atoms with van der Waals surface area (Å²) in [4.78, 5) is 0. The normalized spacial score (nSPS) is 26.0. The summed E-state index contributed by atoms with van der Waals surface area (Å²) in [7, 11) is 0. The van der Waals surface area contributed by atoms with E-state index < -0.39 is 0 Å². The van der Waals surface area contributed by atoms with Crippen molar-refractivity contribution in [1.82, 2.24) is 0 Å². The van der Waals surface area contributed by atoms with Crippen LogP contribution in [0.15, 0.2) is 12.2 Å². The molecule has 1 saturated carbocycles. The summed E-state index contributed by atoms with van der Waals surface area (Å²) in [5.41, 5.74) is -0.380. The van der Waals surface area contributed by atoms with E-state index in [1.54, 1.807) is 0 Å². The average molecular weight is 98.1 g/mol. The predicted molar refractivity (Wildman–Crippen MR) is 29.0 cm³/mol. The van der Waals surface area contributed by atoms with E-state index in [2.05, 4.69) is 0 Å². The van der Waals surface area contributed by atoms with E-state index in [9.17, 15) is 0 Å². The lowest BCUT2D eigenvalue weighted by atomic mass is 10.3. The van der Waals surface area contributed by atoms with Gasteiger partial charge in [0.25, 0.3) is 0 Å². The van der Waals surface area contributed by atoms with Crippen LogP contribution < -0.4 is 0 Å². The number of hydrogen-bond donors (Lipinski definition) is 1. The molecule has 0 heterocycles. The molecule has 1 fully saturated rings. The van der Waals surface area contributed by atoms with Crippen LogP contribution in [-0.2, 0) is 0 Å². The Bertz CT molecular complexity index is 90.4. The summed E-state index contributed by atoms with van der Waals surface area (Å²) in [6.07, 6.45) is 5.66. The van der Waals surface area contributed by atoms with Crippen LogP contribution in [0.2, 0.25) is 0 Å². The quantitative estimate of drug-likeness (QED) is 0.487. The second kappa shape index (κ2) is 1.34. The van der Waals surface area contributed by atoms with Crippen molar-refractivity contribution >= 4 is 0 Å². The molecule has 0 aromatic heterocycles. The molecule has 0 spiro atoms. The predicted octanol–water partition coefficient (Wildman–Crippen LogP) is 1.09. The van der Waals surface area contributed by atoms with E-state index in [-0.39, 0.29) is 5.60 Å². The van der Waals surface area contributed by atoms with Gasteiger partial charge in [-0.3, -0.25) is 0 Å². The summed E-state index contributed by atoms with van der Waals surface area (Å²) in [5.74, 6) is 0. The number of hydrogen-bond acceptors (Lipinski definition) is 1. The molecule has 1 nitrogen and oxygen atoms in total. The van der Waals surface area contributed by atoms with Gasteiger partial charge in [0, 0.05) is 0 Å². The van der Waals surface area contributed by atoms with Crippen molar-refractivity contribution in [3.63, 3.8) is 0 Å². The number of allylic oxidation sites excluding steroid dienone is 1. The molecule has 0 unspecified atom stereocenters. The highest BCUT2D eigenvalue weighted by atomic mass is 16.3. The van der Waals surface area contributed by atoms with Gasteiger partial charge in [-0.1, -0.05) is 12.2 Å². The molecule has 1 rings (SSSR count). The van der Waals surface area contributed by atoms with Crippen LogP contribution in [-0.4, -0.2) is 10.7 Å². The van der Waals surface area contributed by atoms with Crippen molar-refractivity contribution in [1.29, 1.82) is 0 Å². The van der Waals surface area contributed by atoms with Gasteiger partial charge < -0.3 is 5.11 Å². The zero-order chi connectivity index (χ0) is 5.33. The molecule has 0 aliphatic heterocycles. The Morgan fingerprint density at radius 1 is 1.57 bits per heavy atom. The maximum Gasteiger partial charge on any atom is 0.0830 e. The van der Waals surface area contributed by atoms with E-state index >= 15 is 0 Å². The Morgan fingerprint density at radius 2 is 2.14 bits per heavy atom. The topological polar surface area (TPSA) is 20.2 Å². The first-order valence-corrected chi connectivity index (χ1v) is 2.63. The SMILES string of the molecule is CC=CC1(O)CC1. The first-order chi connectivity index (χ1) is 3.27. The zero-order valence-electron chi connectivity index (χ0n) is 4.52. The van der Waals surface area contributed by atoms with Gasteiger partial charge in [0.05, 0.1) is 5.60 Å². The van der Waals surface area contributed by atoms with Crippen LogP contribution in [0.3, 0.4) is 0 Å². The lowest BCUT2D eigenvalue weighted by molar-refractivity contribution is 0.202. The number of rotatable bonds is 1. The van der Waals surface area contributed by atoms with E-state index in [0.717, 1.165) is 12.8 Å². The second-order valence-electron chi connectivity index (χ2n) is 2.10. The summed E-state index contributed by atoms with van der Waals surface area (Å²) in [5, 5.41) is 9.04. The fourth-order valence-electron chi connectivity index (χ4n) is 0.605. The molecule has 1 N–H and O–H groups in total. The third-order valence-corrected chi connectivity index (χ3v) is 1.24. The van der Waals surface area contributed by atoms with Gasteiger partial charge in [-0.05, 0) is 19.8 Å². The minimum absolute atomic E-state index is 0.380. The first kappa shape index (κ1) is 4.85. The average Bonchev–Trinajstić information content (AvgIpc) is 2.22. The smallest absolute Gasteiger partial charge is 0.0830 e. The molecular weight excluding hydrogens is 88.1 g/mol. The van der Waals surface area contributed by atoms with Crippen molar-refractivity contribution < 1.29 is 5.11 Å². The van der Waals surface area contributed by atoms with E-state index in [1.165, 1.54) is 0 Å². The van der Waals surface area contributed by atoms with Crippen LogP contribution in [0.4, 0.5) is 0 Å². The van der Waals surface area contributed by atoms with Crippen LogP contribution in [0.25, 0.3) is 0 Å². The van der Waals surface area contributed by atoms with E-state index in [4.69, 9.17) is 5.11 Å². The fourth-order valence-corrected chi connectivity index (χ4v) is 0.605. The maximum absolute atomic E-state index is 9.04. The van der Waals surface area contributed by atoms with Crippen molar-refractivity contribution in [2.24, 2.45) is 0 Å². The second-order valence-corrected chi connectivity index (χ2v) is 2.10. The summed E-state index contributed by atoms with van der Waals surface area (Å²) >= 11 is 0. The lowest BCUT2D eigenvalue weighted by Crippen LogP contribution is -1.98. The molecule has 0 amide bonds. The zero-order valence-corrected chi connectivity index (χ0v) is 4.52. The van der Waals surface area contributed by atoms with E-state index in [0.29, 0.717) is 0 Å². The molecule has 0 saturated heterocycles. The summed E-state index contributed by atoms with van der Waals surface area (Å²) < 4.78 is 0. The highest BCUT2D eigenvalue weighted by molar-refractivity contribution is 5.09. The number of aliphatic hydroxyl groups is 1. The van der Waals surface area contributed by atoms with Crippen molar-refractivity contribution in [2.75, 3.05) is 0 Å². The van der Waals surface area contributed by atoms with Crippen LogP contribution in [0, 0.1) is 0 Å². The standard InChI is InChI=1S/C6H10O/c1-2-3-6(7)4-5-6/h2-3,7H,4-5H2,1H3. The Kier molecular flexibility index (Phi) is 0.927. The Morgan fingerprint density at radius 3 is 2.29 bits per heavy atom. The molecule has 1 heteroatoms. The lowest BCUT2D eigenvalue weighted by Gasteiger charge is -1.93. The van der Waals surface area contributed by atoms with Gasteiger partial charge in [-0.15, -0.1) is 0 Å². The van der Waals surface area contributed by atoms with E-state index in [1.807, 2.05) is 19.1 Å². The minimum Gasteiger partial charge on any atom is -0.386 e. The van der Waals surface area contributed by atoms with Crippen molar-refractivity contribution in [3.8, 4) is 0 Å². The van der Waals surface area contributed by atoms with Gasteiger partial charge in [-0.25, -0.2) is 0 Å². The fraction of sp³-hybridized carbons (Fsp3) is 0.667. The molecule has 0 radical (unpaired) electrons. The van der Waals surface area contributed by atoms with Crippen LogP contribution in [0.5, 0.6) is 0 Å². The van der Waals surface area contributed by atoms with Gasteiger partial charge in [0.2, 0.25) is 0 Å². The molecular formula is C6H10O. The Balaban J connectivity index is 2.40. The molecule has 0 bridgehead atoms. The van der Waals surface area contributed by atoms with Gasteiger partial charge in [0.1, 0.15) is 0 Å². The largest absolute Gasteiger partial charge is 0.386 e. The van der Waals surface area contributed by atoms with Crippen molar-refractivity contribution in [2.45, 2.75) is 25.4 Å². The van der Waals surface area contributed by atoms with Crippen LogP contribution in [0.1, 0.15) is 19.8 Å². The molecule has 1 aliphatic carbocycles.